The second-order valence-corrected chi connectivity index (χ2v) is 10.0. The van der Waals surface area contributed by atoms with Crippen LogP contribution in [0.4, 0.5) is 15.8 Å². The monoisotopic (exact) mass is 465 g/mol. The molecule has 2 aliphatic rings. The highest BCUT2D eigenvalue weighted by Gasteiger charge is 2.32. The number of amides is 2. The van der Waals surface area contributed by atoms with Crippen molar-refractivity contribution in [2.75, 3.05) is 23.7 Å². The second kappa shape index (κ2) is 8.57. The van der Waals surface area contributed by atoms with Crippen molar-refractivity contribution in [1.29, 1.82) is 0 Å². The summed E-state index contributed by atoms with van der Waals surface area (Å²) < 4.78 is 40.8. The van der Waals surface area contributed by atoms with Crippen molar-refractivity contribution < 1.29 is 22.4 Å². The van der Waals surface area contributed by atoms with Gasteiger partial charge in [-0.25, -0.2) is 12.8 Å². The Labute approximate surface area is 184 Å². The fourth-order valence-corrected chi connectivity index (χ4v) is 5.55. The zero-order valence-corrected chi connectivity index (χ0v) is 18.1. The fraction of sp³-hybridized carbons (Fsp3) is 0.333. The van der Waals surface area contributed by atoms with E-state index in [1.807, 2.05) is 0 Å². The number of rotatable bonds is 4. The first-order chi connectivity index (χ1) is 14.7. The molecule has 0 saturated carbocycles. The summed E-state index contributed by atoms with van der Waals surface area (Å²) in [6, 6.07) is 8.67. The van der Waals surface area contributed by atoms with E-state index in [1.165, 1.54) is 28.6 Å². The minimum Gasteiger partial charge on any atom is -0.326 e. The third-order valence-corrected chi connectivity index (χ3v) is 7.81. The zero-order chi connectivity index (χ0) is 22.2. The molecule has 1 fully saturated rings. The molecule has 10 heteroatoms. The number of sulfonamides is 1. The maximum Gasteiger partial charge on any atom is 0.243 e. The molecule has 1 saturated heterocycles. The van der Waals surface area contributed by atoms with Gasteiger partial charge in [0.1, 0.15) is 5.82 Å². The van der Waals surface area contributed by atoms with E-state index < -0.39 is 15.8 Å². The van der Waals surface area contributed by atoms with Crippen molar-refractivity contribution in [3.63, 3.8) is 0 Å². The van der Waals surface area contributed by atoms with Crippen molar-refractivity contribution in [2.24, 2.45) is 5.92 Å². The molecule has 0 bridgehead atoms. The van der Waals surface area contributed by atoms with Crippen LogP contribution in [0.1, 0.15) is 24.8 Å². The largest absolute Gasteiger partial charge is 0.326 e. The first-order valence-corrected chi connectivity index (χ1v) is 11.7. The normalized spacial score (nSPS) is 17.7. The van der Waals surface area contributed by atoms with Gasteiger partial charge < -0.3 is 10.6 Å². The van der Waals surface area contributed by atoms with Gasteiger partial charge in [-0.3, -0.25) is 9.59 Å². The first kappa shape index (κ1) is 21.7. The number of nitrogens with zero attached hydrogens (tertiary/aromatic N) is 1. The summed E-state index contributed by atoms with van der Waals surface area (Å²) >= 11 is 5.74. The highest BCUT2D eigenvalue weighted by Crippen LogP contribution is 2.29. The summed E-state index contributed by atoms with van der Waals surface area (Å²) in [5.41, 5.74) is 1.84. The van der Waals surface area contributed by atoms with Gasteiger partial charge in [0.2, 0.25) is 21.8 Å². The molecule has 2 aromatic rings. The number of anilines is 2. The Morgan fingerprint density at radius 2 is 1.87 bits per heavy atom. The number of hydrogen-bond donors (Lipinski definition) is 2. The lowest BCUT2D eigenvalue weighted by Gasteiger charge is -2.31. The maximum atomic E-state index is 13.3. The molecule has 0 aromatic heterocycles. The van der Waals surface area contributed by atoms with Crippen LogP contribution in [-0.4, -0.2) is 37.6 Å². The van der Waals surface area contributed by atoms with Crippen molar-refractivity contribution >= 4 is 44.8 Å². The van der Waals surface area contributed by atoms with E-state index in [1.54, 1.807) is 12.1 Å². The molecule has 164 valence electrons. The molecule has 2 heterocycles. The van der Waals surface area contributed by atoms with Crippen LogP contribution in [0.2, 0.25) is 5.02 Å². The van der Waals surface area contributed by atoms with Crippen molar-refractivity contribution in [3.8, 4) is 0 Å². The van der Waals surface area contributed by atoms with Crippen LogP contribution in [0, 0.1) is 11.7 Å². The molecule has 2 amide bonds. The van der Waals surface area contributed by atoms with E-state index >= 15 is 0 Å². The minimum atomic E-state index is -3.70. The molecule has 0 atom stereocenters. The number of fused-ring (bicyclic) bond motifs is 1. The third-order valence-electron chi connectivity index (χ3n) is 5.62. The second-order valence-electron chi connectivity index (χ2n) is 7.66. The Morgan fingerprint density at radius 1 is 1.13 bits per heavy atom. The van der Waals surface area contributed by atoms with Crippen LogP contribution in [-0.2, 0) is 26.0 Å². The molecule has 2 aliphatic heterocycles. The number of piperidine rings is 1. The van der Waals surface area contributed by atoms with Gasteiger partial charge in [-0.2, -0.15) is 4.31 Å². The number of nitrogens with one attached hydrogen (secondary N) is 2. The lowest BCUT2D eigenvalue weighted by molar-refractivity contribution is -0.121. The third kappa shape index (κ3) is 4.58. The van der Waals surface area contributed by atoms with Gasteiger partial charge in [0.25, 0.3) is 0 Å². The number of aryl methyl sites for hydroxylation is 1. The van der Waals surface area contributed by atoms with Crippen molar-refractivity contribution in [2.45, 2.75) is 30.6 Å². The lowest BCUT2D eigenvalue weighted by atomic mass is 9.97. The highest BCUT2D eigenvalue weighted by molar-refractivity contribution is 7.89. The van der Waals surface area contributed by atoms with Crippen molar-refractivity contribution in [1.82, 2.24) is 4.31 Å². The standard InChI is InChI=1S/C21H21ClFN3O4S/c22-17-12-15(2-4-18(17)23)24-21(28)13-7-9-26(10-8-13)31(29,30)16-3-5-19-14(11-16)1-6-20(27)25-19/h2-5,11-13H,1,6-10H2,(H,24,28)(H,25,27). The Bertz CT molecular complexity index is 1150. The first-order valence-electron chi connectivity index (χ1n) is 9.93. The molecular weight excluding hydrogens is 445 g/mol. The van der Waals surface area contributed by atoms with Crippen LogP contribution in [0.15, 0.2) is 41.3 Å². The number of benzene rings is 2. The summed E-state index contributed by atoms with van der Waals surface area (Å²) in [6.45, 7) is 0.441. The minimum absolute atomic E-state index is 0.0774. The van der Waals surface area contributed by atoms with Crippen LogP contribution in [0.25, 0.3) is 0 Å². The van der Waals surface area contributed by atoms with Gasteiger partial charge in [0, 0.05) is 36.8 Å². The number of carbonyl (C=O) groups is 2. The van der Waals surface area contributed by atoms with E-state index in [9.17, 15) is 22.4 Å². The number of hydrogen-bond acceptors (Lipinski definition) is 4. The topological polar surface area (TPSA) is 95.6 Å². The number of carbonyl (C=O) groups excluding carboxylic acids is 2. The smallest absolute Gasteiger partial charge is 0.243 e. The average molecular weight is 466 g/mol. The summed E-state index contributed by atoms with van der Waals surface area (Å²) in [5.74, 6) is -1.24. The summed E-state index contributed by atoms with van der Waals surface area (Å²) in [4.78, 5) is 24.2. The Hall–Kier alpha value is -2.49. The highest BCUT2D eigenvalue weighted by atomic mass is 35.5. The van der Waals surface area contributed by atoms with E-state index in [2.05, 4.69) is 10.6 Å². The maximum absolute atomic E-state index is 13.3. The van der Waals surface area contributed by atoms with Gasteiger partial charge in [0.05, 0.1) is 9.92 Å². The van der Waals surface area contributed by atoms with Gasteiger partial charge in [-0.1, -0.05) is 11.6 Å². The summed E-state index contributed by atoms with van der Waals surface area (Å²) in [6.07, 6.45) is 1.58. The molecule has 0 unspecified atom stereocenters. The van der Waals surface area contributed by atoms with Gasteiger partial charge in [0.15, 0.2) is 0 Å². The summed E-state index contributed by atoms with van der Waals surface area (Å²) in [5, 5.41) is 5.37. The summed E-state index contributed by atoms with van der Waals surface area (Å²) in [7, 11) is -3.70. The predicted molar refractivity (Wildman–Crippen MR) is 115 cm³/mol. The van der Waals surface area contributed by atoms with Gasteiger partial charge in [-0.05, 0) is 61.2 Å². The van der Waals surface area contributed by atoms with Crippen LogP contribution in [0.3, 0.4) is 0 Å². The lowest BCUT2D eigenvalue weighted by Crippen LogP contribution is -2.41. The average Bonchev–Trinajstić information content (AvgIpc) is 2.76. The van der Waals surface area contributed by atoms with Gasteiger partial charge >= 0.3 is 0 Å². The Kier molecular flexibility index (Phi) is 6.00. The Balaban J connectivity index is 1.40. The molecule has 31 heavy (non-hydrogen) atoms. The van der Waals surface area contributed by atoms with E-state index in [4.69, 9.17) is 11.6 Å². The molecule has 2 aromatic carbocycles. The number of halogens is 2. The quantitative estimate of drug-likeness (QED) is 0.723. The van der Waals surface area contributed by atoms with Crippen LogP contribution < -0.4 is 10.6 Å². The predicted octanol–water partition coefficient (Wildman–Crippen LogP) is 3.40. The van der Waals surface area contributed by atoms with E-state index in [0.717, 1.165) is 5.56 Å². The fourth-order valence-electron chi connectivity index (χ4n) is 3.85. The SMILES string of the molecule is O=C1CCc2cc(S(=O)(=O)N3CCC(C(=O)Nc4ccc(F)c(Cl)c4)CC3)ccc2N1. The molecule has 2 N–H and O–H groups in total. The van der Waals surface area contributed by atoms with Crippen LogP contribution >= 0.6 is 11.6 Å². The molecule has 4 rings (SSSR count). The molecule has 0 aliphatic carbocycles. The molecule has 0 spiro atoms. The van der Waals surface area contributed by atoms with Crippen molar-refractivity contribution in [3.05, 3.63) is 52.8 Å². The molecule has 7 nitrogen and oxygen atoms in total. The molecular formula is C21H21ClFN3O4S. The Morgan fingerprint density at radius 3 is 2.58 bits per heavy atom. The van der Waals surface area contributed by atoms with Gasteiger partial charge in [-0.15, -0.1) is 0 Å². The van der Waals surface area contributed by atoms with Crippen LogP contribution in [0.5, 0.6) is 0 Å². The van der Waals surface area contributed by atoms with E-state index in [0.29, 0.717) is 37.1 Å². The van der Waals surface area contributed by atoms with E-state index in [-0.39, 0.29) is 40.7 Å². The molecule has 0 radical (unpaired) electrons. The zero-order valence-electron chi connectivity index (χ0n) is 16.5.